The summed E-state index contributed by atoms with van der Waals surface area (Å²) in [5, 5.41) is 7.43. The van der Waals surface area contributed by atoms with Gasteiger partial charge in [-0.2, -0.15) is 0 Å². The highest BCUT2D eigenvalue weighted by Gasteiger charge is 2.48. The SMILES string of the molecule is CC1(C)[C@H](Cc2cc(CC3CCCCC3)on2)C[C@@H]1NC(=O)c1ccco1. The van der Waals surface area contributed by atoms with Gasteiger partial charge in [0.2, 0.25) is 0 Å². The maximum atomic E-state index is 12.2. The van der Waals surface area contributed by atoms with Crippen molar-refractivity contribution in [1.29, 1.82) is 0 Å². The van der Waals surface area contributed by atoms with Gasteiger partial charge in [-0.05, 0) is 42.2 Å². The standard InChI is InChI=1S/C22H30N2O3/c1-22(2)16(13-20(22)23-21(25)19-9-6-10-26-19)12-17-14-18(27-24-17)11-15-7-4-3-5-8-15/h6,9-10,14-16,20H,3-5,7-8,11-13H2,1-2H3,(H,23,25)/t16-,20+/m1/s1. The van der Waals surface area contributed by atoms with Gasteiger partial charge in [-0.15, -0.1) is 0 Å². The molecule has 2 aliphatic carbocycles. The number of furan rings is 1. The molecule has 146 valence electrons. The van der Waals surface area contributed by atoms with Crippen LogP contribution in [0.3, 0.4) is 0 Å². The van der Waals surface area contributed by atoms with Crippen molar-refractivity contribution in [2.24, 2.45) is 17.3 Å². The van der Waals surface area contributed by atoms with Gasteiger partial charge in [-0.25, -0.2) is 0 Å². The van der Waals surface area contributed by atoms with Crippen LogP contribution in [0.2, 0.25) is 0 Å². The molecule has 2 saturated carbocycles. The third-order valence-electron chi connectivity index (χ3n) is 6.80. The zero-order valence-electron chi connectivity index (χ0n) is 16.4. The van der Waals surface area contributed by atoms with Crippen molar-refractivity contribution in [1.82, 2.24) is 10.5 Å². The quantitative estimate of drug-likeness (QED) is 0.795. The van der Waals surface area contributed by atoms with Gasteiger partial charge in [0.05, 0.1) is 12.0 Å². The molecule has 5 heteroatoms. The molecule has 1 N–H and O–H groups in total. The molecule has 0 aromatic carbocycles. The number of nitrogens with zero attached hydrogens (tertiary/aromatic N) is 1. The van der Waals surface area contributed by atoms with Crippen molar-refractivity contribution in [3.05, 3.63) is 41.7 Å². The summed E-state index contributed by atoms with van der Waals surface area (Å²) in [6.45, 7) is 4.44. The molecule has 1 amide bonds. The molecule has 2 fully saturated rings. The first-order valence-corrected chi connectivity index (χ1v) is 10.3. The molecular formula is C22H30N2O3. The van der Waals surface area contributed by atoms with E-state index in [-0.39, 0.29) is 17.4 Å². The van der Waals surface area contributed by atoms with E-state index in [0.717, 1.165) is 36.6 Å². The van der Waals surface area contributed by atoms with Crippen LogP contribution in [0.25, 0.3) is 0 Å². The van der Waals surface area contributed by atoms with E-state index in [1.54, 1.807) is 12.1 Å². The third-order valence-corrected chi connectivity index (χ3v) is 6.80. The van der Waals surface area contributed by atoms with Crippen LogP contribution in [-0.4, -0.2) is 17.1 Å². The van der Waals surface area contributed by atoms with E-state index < -0.39 is 0 Å². The molecule has 2 aliphatic rings. The smallest absolute Gasteiger partial charge is 0.287 e. The zero-order chi connectivity index (χ0) is 18.9. The predicted molar refractivity (Wildman–Crippen MR) is 102 cm³/mol. The number of amides is 1. The monoisotopic (exact) mass is 370 g/mol. The average molecular weight is 370 g/mol. The van der Waals surface area contributed by atoms with E-state index in [0.29, 0.717) is 11.7 Å². The van der Waals surface area contributed by atoms with Crippen LogP contribution in [0, 0.1) is 17.3 Å². The molecule has 0 unspecified atom stereocenters. The Morgan fingerprint density at radius 1 is 1.26 bits per heavy atom. The highest BCUT2D eigenvalue weighted by atomic mass is 16.5. The summed E-state index contributed by atoms with van der Waals surface area (Å²) in [6.07, 6.45) is 11.2. The lowest BCUT2D eigenvalue weighted by Crippen LogP contribution is -2.58. The van der Waals surface area contributed by atoms with E-state index in [1.165, 1.54) is 38.4 Å². The molecule has 4 rings (SSSR count). The summed E-state index contributed by atoms with van der Waals surface area (Å²) in [6, 6.07) is 5.74. The van der Waals surface area contributed by atoms with Gasteiger partial charge in [-0.1, -0.05) is 51.1 Å². The molecule has 0 radical (unpaired) electrons. The second-order valence-electron chi connectivity index (χ2n) is 8.95. The van der Waals surface area contributed by atoms with E-state index in [9.17, 15) is 4.79 Å². The maximum Gasteiger partial charge on any atom is 0.287 e. The Morgan fingerprint density at radius 2 is 2.07 bits per heavy atom. The molecule has 2 aromatic heterocycles. The highest BCUT2D eigenvalue weighted by molar-refractivity contribution is 5.91. The molecule has 5 nitrogen and oxygen atoms in total. The molecule has 0 bridgehead atoms. The number of nitrogens with one attached hydrogen (secondary N) is 1. The first kappa shape index (κ1) is 18.3. The largest absolute Gasteiger partial charge is 0.459 e. The lowest BCUT2D eigenvalue weighted by molar-refractivity contribution is 0.0131. The van der Waals surface area contributed by atoms with Gasteiger partial charge >= 0.3 is 0 Å². The summed E-state index contributed by atoms with van der Waals surface area (Å²) in [5.41, 5.74) is 1.08. The summed E-state index contributed by atoms with van der Waals surface area (Å²) in [5.74, 6) is 2.54. The maximum absolute atomic E-state index is 12.2. The predicted octanol–water partition coefficient (Wildman–Crippen LogP) is 4.78. The van der Waals surface area contributed by atoms with Crippen LogP contribution in [0.15, 0.2) is 33.4 Å². The highest BCUT2D eigenvalue weighted by Crippen LogP contribution is 2.48. The number of rotatable bonds is 6. The van der Waals surface area contributed by atoms with Crippen molar-refractivity contribution >= 4 is 5.91 Å². The average Bonchev–Trinajstić information content (AvgIpc) is 3.34. The fourth-order valence-electron chi connectivity index (χ4n) is 4.72. The number of carbonyl (C=O) groups excluding carboxylic acids is 1. The van der Waals surface area contributed by atoms with Crippen LogP contribution < -0.4 is 5.32 Å². The van der Waals surface area contributed by atoms with Crippen LogP contribution in [0.5, 0.6) is 0 Å². The van der Waals surface area contributed by atoms with Gasteiger partial charge in [0.25, 0.3) is 5.91 Å². The Labute approximate surface area is 160 Å². The van der Waals surface area contributed by atoms with Crippen molar-refractivity contribution in [3.8, 4) is 0 Å². The van der Waals surface area contributed by atoms with E-state index in [4.69, 9.17) is 8.94 Å². The minimum Gasteiger partial charge on any atom is -0.459 e. The summed E-state index contributed by atoms with van der Waals surface area (Å²) < 4.78 is 10.8. The van der Waals surface area contributed by atoms with Gasteiger partial charge in [0.1, 0.15) is 5.76 Å². The second-order valence-corrected chi connectivity index (χ2v) is 8.95. The molecule has 2 atom stereocenters. The summed E-state index contributed by atoms with van der Waals surface area (Å²) in [4.78, 5) is 12.2. The number of aromatic nitrogens is 1. The lowest BCUT2D eigenvalue weighted by atomic mass is 9.57. The zero-order valence-corrected chi connectivity index (χ0v) is 16.4. The summed E-state index contributed by atoms with van der Waals surface area (Å²) in [7, 11) is 0. The Balaban J connectivity index is 1.29. The van der Waals surface area contributed by atoms with E-state index >= 15 is 0 Å². The molecule has 2 aromatic rings. The molecular weight excluding hydrogens is 340 g/mol. The van der Waals surface area contributed by atoms with Gasteiger partial charge in [0.15, 0.2) is 5.76 Å². The fourth-order valence-corrected chi connectivity index (χ4v) is 4.72. The number of hydrogen-bond acceptors (Lipinski definition) is 4. The lowest BCUT2D eigenvalue weighted by Gasteiger charge is -2.52. The molecule has 0 saturated heterocycles. The van der Waals surface area contributed by atoms with Crippen molar-refractivity contribution in [2.45, 2.75) is 71.3 Å². The second kappa shape index (κ2) is 7.53. The van der Waals surface area contributed by atoms with Crippen LogP contribution in [0.1, 0.15) is 74.4 Å². The van der Waals surface area contributed by atoms with Crippen LogP contribution in [0.4, 0.5) is 0 Å². The minimum absolute atomic E-state index is 0.0325. The molecule has 0 spiro atoms. The first-order valence-electron chi connectivity index (χ1n) is 10.3. The van der Waals surface area contributed by atoms with Crippen molar-refractivity contribution in [2.75, 3.05) is 0 Å². The van der Waals surface area contributed by atoms with E-state index in [2.05, 4.69) is 30.4 Å². The topological polar surface area (TPSA) is 68.3 Å². The molecule has 2 heterocycles. The first-order chi connectivity index (χ1) is 13.0. The molecule has 27 heavy (non-hydrogen) atoms. The minimum atomic E-state index is -0.132. The van der Waals surface area contributed by atoms with E-state index in [1.807, 2.05) is 0 Å². The van der Waals surface area contributed by atoms with Crippen molar-refractivity contribution in [3.63, 3.8) is 0 Å². The summed E-state index contributed by atoms with van der Waals surface area (Å²) >= 11 is 0. The molecule has 0 aliphatic heterocycles. The Morgan fingerprint density at radius 3 is 2.78 bits per heavy atom. The van der Waals surface area contributed by atoms with Crippen molar-refractivity contribution < 1.29 is 13.7 Å². The van der Waals surface area contributed by atoms with Crippen LogP contribution in [-0.2, 0) is 12.8 Å². The van der Waals surface area contributed by atoms with Gasteiger partial charge in [0, 0.05) is 18.5 Å². The fraction of sp³-hybridized carbons (Fsp3) is 0.636. The van der Waals surface area contributed by atoms with Gasteiger partial charge in [-0.3, -0.25) is 4.79 Å². The van der Waals surface area contributed by atoms with Crippen LogP contribution >= 0.6 is 0 Å². The number of carbonyl (C=O) groups is 1. The third kappa shape index (κ3) is 3.97. The Bertz CT molecular complexity index is 756. The Kier molecular flexibility index (Phi) is 5.11. The number of hydrogen-bond donors (Lipinski definition) is 1. The normalized spacial score (nSPS) is 25.1. The van der Waals surface area contributed by atoms with Gasteiger partial charge < -0.3 is 14.3 Å². The Hall–Kier alpha value is -2.04.